The summed E-state index contributed by atoms with van der Waals surface area (Å²) in [5.74, 6) is 1.16. The second kappa shape index (κ2) is 9.30. The van der Waals surface area contributed by atoms with Crippen LogP contribution in [0.2, 0.25) is 0 Å². The fourth-order valence-electron chi connectivity index (χ4n) is 3.31. The fraction of sp³-hybridized carbons (Fsp3) is 0.409. The van der Waals surface area contributed by atoms with Crippen LogP contribution in [0.1, 0.15) is 29.9 Å². The molecule has 0 saturated heterocycles. The number of nitrogens with zero attached hydrogens (tertiary/aromatic N) is 3. The van der Waals surface area contributed by atoms with Crippen LogP contribution < -0.4 is 15.0 Å². The van der Waals surface area contributed by atoms with Gasteiger partial charge in [-0.25, -0.2) is 4.98 Å². The van der Waals surface area contributed by atoms with Gasteiger partial charge in [0.15, 0.2) is 11.5 Å². The molecule has 1 amide bonds. The van der Waals surface area contributed by atoms with Crippen LogP contribution in [-0.2, 0) is 17.9 Å². The van der Waals surface area contributed by atoms with E-state index in [2.05, 4.69) is 4.98 Å². The molecule has 8 heteroatoms. The largest absolute Gasteiger partial charge is 0.493 e. The topological polar surface area (TPSA) is 73.7 Å². The first-order valence-electron chi connectivity index (χ1n) is 9.92. The summed E-state index contributed by atoms with van der Waals surface area (Å²) in [5.41, 5.74) is 1.69. The van der Waals surface area contributed by atoms with Gasteiger partial charge in [-0.05, 0) is 51.0 Å². The van der Waals surface area contributed by atoms with Gasteiger partial charge in [0.2, 0.25) is 5.91 Å². The zero-order chi connectivity index (χ0) is 21.8. The third kappa shape index (κ3) is 4.33. The maximum atomic E-state index is 12.9. The molecule has 1 aromatic carbocycles. The molecular formula is C22H27N3O4S. The number of likely N-dealkylation sites (N-methyl/N-ethyl adjacent to an activating group) is 1. The Kier molecular flexibility index (Phi) is 6.77. The zero-order valence-corrected chi connectivity index (χ0v) is 18.8. The number of amides is 1. The third-order valence-electron chi connectivity index (χ3n) is 5.10. The Bertz CT molecular complexity index is 1120. The predicted octanol–water partition coefficient (Wildman–Crippen LogP) is 3.53. The first kappa shape index (κ1) is 21.8. The fourth-order valence-corrected chi connectivity index (χ4v) is 4.30. The summed E-state index contributed by atoms with van der Waals surface area (Å²) in [7, 11) is 1.59. The van der Waals surface area contributed by atoms with E-state index in [4.69, 9.17) is 9.47 Å². The van der Waals surface area contributed by atoms with Crippen molar-refractivity contribution in [3.63, 3.8) is 0 Å². The molecule has 2 aromatic heterocycles. The number of rotatable bonds is 8. The van der Waals surface area contributed by atoms with Gasteiger partial charge >= 0.3 is 0 Å². The first-order valence-corrected chi connectivity index (χ1v) is 10.7. The number of aromatic nitrogens is 2. The zero-order valence-electron chi connectivity index (χ0n) is 18.0. The highest BCUT2D eigenvalue weighted by molar-refractivity contribution is 7.18. The van der Waals surface area contributed by atoms with Crippen LogP contribution in [-0.4, -0.2) is 40.6 Å². The maximum Gasteiger partial charge on any atom is 0.262 e. The molecule has 0 aliphatic heterocycles. The van der Waals surface area contributed by atoms with Crippen molar-refractivity contribution < 1.29 is 14.3 Å². The number of aryl methyl sites for hydroxylation is 2. The van der Waals surface area contributed by atoms with Crippen LogP contribution in [0.3, 0.4) is 0 Å². The van der Waals surface area contributed by atoms with Gasteiger partial charge in [0.25, 0.3) is 5.56 Å². The minimum Gasteiger partial charge on any atom is -0.493 e. The van der Waals surface area contributed by atoms with E-state index < -0.39 is 0 Å². The highest BCUT2D eigenvalue weighted by atomic mass is 32.1. The summed E-state index contributed by atoms with van der Waals surface area (Å²) in [4.78, 5) is 33.7. The van der Waals surface area contributed by atoms with E-state index in [1.807, 2.05) is 45.9 Å². The molecule has 3 aromatic rings. The van der Waals surface area contributed by atoms with Crippen molar-refractivity contribution in [2.24, 2.45) is 0 Å². The molecule has 0 aliphatic carbocycles. The summed E-state index contributed by atoms with van der Waals surface area (Å²) in [5, 5.41) is 0.604. The van der Waals surface area contributed by atoms with Crippen LogP contribution in [0.5, 0.6) is 11.5 Å². The van der Waals surface area contributed by atoms with Crippen LogP contribution in [0, 0.1) is 13.8 Å². The lowest BCUT2D eigenvalue weighted by Gasteiger charge is -2.22. The summed E-state index contributed by atoms with van der Waals surface area (Å²) >= 11 is 1.50. The van der Waals surface area contributed by atoms with Gasteiger partial charge in [0, 0.05) is 18.0 Å². The Morgan fingerprint density at radius 3 is 2.67 bits per heavy atom. The maximum absolute atomic E-state index is 12.9. The molecule has 160 valence electrons. The molecule has 0 bridgehead atoms. The van der Waals surface area contributed by atoms with Gasteiger partial charge in [-0.15, -0.1) is 11.3 Å². The van der Waals surface area contributed by atoms with Gasteiger partial charge in [-0.1, -0.05) is 6.07 Å². The number of thiophene rings is 1. The monoisotopic (exact) mass is 429 g/mol. The van der Waals surface area contributed by atoms with E-state index in [0.717, 1.165) is 16.0 Å². The third-order valence-corrected chi connectivity index (χ3v) is 6.21. The standard InChI is InChI=1S/C22H27N3O4S/c1-6-24(11-16-8-9-17(29-7-2)18(10-16)28-5)19(26)12-25-13-23-21-20(22(25)27)14(3)15(4)30-21/h8-10,13H,6-7,11-12H2,1-5H3. The van der Waals surface area contributed by atoms with Crippen molar-refractivity contribution >= 4 is 27.5 Å². The number of ether oxygens (including phenoxy) is 2. The molecule has 0 atom stereocenters. The predicted molar refractivity (Wildman–Crippen MR) is 119 cm³/mol. The summed E-state index contributed by atoms with van der Waals surface area (Å²) in [6, 6.07) is 5.64. The Labute approximate surface area is 179 Å². The van der Waals surface area contributed by atoms with Crippen molar-refractivity contribution in [1.29, 1.82) is 0 Å². The summed E-state index contributed by atoms with van der Waals surface area (Å²) in [6.07, 6.45) is 1.46. The van der Waals surface area contributed by atoms with Crippen molar-refractivity contribution in [3.8, 4) is 11.5 Å². The van der Waals surface area contributed by atoms with Crippen LogP contribution in [0.15, 0.2) is 29.3 Å². The summed E-state index contributed by atoms with van der Waals surface area (Å²) < 4.78 is 12.3. The van der Waals surface area contributed by atoms with E-state index >= 15 is 0 Å². The second-order valence-corrected chi connectivity index (χ2v) is 8.17. The molecule has 0 saturated carbocycles. The molecule has 7 nitrogen and oxygen atoms in total. The molecule has 2 heterocycles. The van der Waals surface area contributed by atoms with Gasteiger partial charge in [0.05, 0.1) is 25.4 Å². The lowest BCUT2D eigenvalue weighted by Crippen LogP contribution is -2.36. The lowest BCUT2D eigenvalue weighted by atomic mass is 10.2. The van der Waals surface area contributed by atoms with Gasteiger partial charge in [-0.3, -0.25) is 14.2 Å². The Morgan fingerprint density at radius 1 is 1.23 bits per heavy atom. The van der Waals surface area contributed by atoms with Crippen LogP contribution >= 0.6 is 11.3 Å². The molecule has 0 spiro atoms. The van der Waals surface area contributed by atoms with E-state index in [-0.39, 0.29) is 18.0 Å². The van der Waals surface area contributed by atoms with E-state index in [1.54, 1.807) is 12.0 Å². The molecule has 0 radical (unpaired) electrons. The van der Waals surface area contributed by atoms with Crippen LogP contribution in [0.25, 0.3) is 10.2 Å². The molecule has 0 N–H and O–H groups in total. The van der Waals surface area contributed by atoms with Gasteiger partial charge in [0.1, 0.15) is 11.4 Å². The van der Waals surface area contributed by atoms with E-state index in [1.165, 1.54) is 22.2 Å². The van der Waals surface area contributed by atoms with Crippen LogP contribution in [0.4, 0.5) is 0 Å². The number of fused-ring (bicyclic) bond motifs is 1. The van der Waals surface area contributed by atoms with Crippen molar-refractivity contribution in [2.45, 2.75) is 40.8 Å². The highest BCUT2D eigenvalue weighted by Crippen LogP contribution is 2.28. The average molecular weight is 430 g/mol. The van der Waals surface area contributed by atoms with E-state index in [9.17, 15) is 9.59 Å². The average Bonchev–Trinajstić information content (AvgIpc) is 3.03. The van der Waals surface area contributed by atoms with Gasteiger partial charge in [-0.2, -0.15) is 0 Å². The quantitative estimate of drug-likeness (QED) is 0.548. The lowest BCUT2D eigenvalue weighted by molar-refractivity contribution is -0.132. The number of carbonyl (C=O) groups excluding carboxylic acids is 1. The molecule has 0 fully saturated rings. The number of hydrogen-bond acceptors (Lipinski definition) is 6. The number of carbonyl (C=O) groups is 1. The van der Waals surface area contributed by atoms with Crippen molar-refractivity contribution in [2.75, 3.05) is 20.3 Å². The Morgan fingerprint density at radius 2 is 2.00 bits per heavy atom. The minimum atomic E-state index is -0.172. The number of hydrogen-bond donors (Lipinski definition) is 0. The smallest absolute Gasteiger partial charge is 0.262 e. The molecule has 0 aliphatic rings. The SMILES string of the molecule is CCOc1ccc(CN(CC)C(=O)Cn2cnc3sc(C)c(C)c3c2=O)cc1OC. The molecule has 30 heavy (non-hydrogen) atoms. The van der Waals surface area contributed by atoms with Crippen molar-refractivity contribution in [3.05, 3.63) is 50.9 Å². The highest BCUT2D eigenvalue weighted by Gasteiger charge is 2.17. The Balaban J connectivity index is 1.80. The minimum absolute atomic E-state index is 0.0435. The first-order chi connectivity index (χ1) is 14.4. The van der Waals surface area contributed by atoms with Crippen molar-refractivity contribution in [1.82, 2.24) is 14.5 Å². The Hall–Kier alpha value is -2.87. The number of methoxy groups -OCH3 is 1. The summed E-state index contributed by atoms with van der Waals surface area (Å²) in [6.45, 7) is 9.16. The molecule has 3 rings (SSSR count). The molecule has 0 unspecified atom stereocenters. The van der Waals surface area contributed by atoms with Gasteiger partial charge < -0.3 is 14.4 Å². The normalized spacial score (nSPS) is 11.0. The number of benzene rings is 1. The van der Waals surface area contributed by atoms with E-state index in [0.29, 0.717) is 41.4 Å². The second-order valence-electron chi connectivity index (χ2n) is 6.97. The molecular weight excluding hydrogens is 402 g/mol.